The second kappa shape index (κ2) is 7.41. The van der Waals surface area contributed by atoms with Gasteiger partial charge in [0.25, 0.3) is 5.91 Å². The topological polar surface area (TPSA) is 80.3 Å². The van der Waals surface area contributed by atoms with Gasteiger partial charge in [0.15, 0.2) is 5.69 Å². The number of carbonyl (C=O) groups excluding carboxylic acids is 1. The summed E-state index contributed by atoms with van der Waals surface area (Å²) < 4.78 is 20.4. The van der Waals surface area contributed by atoms with Gasteiger partial charge >= 0.3 is 6.01 Å². The summed E-state index contributed by atoms with van der Waals surface area (Å²) in [6.07, 6.45) is 0.696. The SMILES string of the molecule is CCc1nnc(N2CCN(C(=O)c3cc(-c4ccc(F)cc4)n(C)n3)CC2)o1. The molecule has 28 heavy (non-hydrogen) atoms. The summed E-state index contributed by atoms with van der Waals surface area (Å²) in [6.45, 7) is 4.29. The predicted molar refractivity (Wildman–Crippen MR) is 100 cm³/mol. The quantitative estimate of drug-likeness (QED) is 0.686. The third kappa shape index (κ3) is 3.47. The third-order valence-corrected chi connectivity index (χ3v) is 4.83. The van der Waals surface area contributed by atoms with Crippen molar-refractivity contribution in [2.24, 2.45) is 7.05 Å². The number of aryl methyl sites for hydroxylation is 2. The Morgan fingerprint density at radius 1 is 1.14 bits per heavy atom. The van der Waals surface area contributed by atoms with Crippen molar-refractivity contribution in [3.63, 3.8) is 0 Å². The first-order valence-corrected chi connectivity index (χ1v) is 9.21. The lowest BCUT2D eigenvalue weighted by molar-refractivity contribution is 0.0738. The molecule has 9 heteroatoms. The van der Waals surface area contributed by atoms with Crippen molar-refractivity contribution in [3.05, 3.63) is 47.7 Å². The molecule has 0 aliphatic carbocycles. The van der Waals surface area contributed by atoms with Crippen LogP contribution in [0.5, 0.6) is 0 Å². The standard InChI is InChI=1S/C19H21FN6O2/c1-3-17-21-22-19(28-17)26-10-8-25(9-11-26)18(27)15-12-16(24(2)23-15)13-4-6-14(20)7-5-13/h4-7,12H,3,8-11H2,1-2H3. The van der Waals surface area contributed by atoms with Crippen LogP contribution in [0.25, 0.3) is 11.3 Å². The molecule has 2 aromatic heterocycles. The molecule has 0 spiro atoms. The molecule has 1 amide bonds. The second-order valence-electron chi connectivity index (χ2n) is 6.66. The van der Waals surface area contributed by atoms with E-state index >= 15 is 0 Å². The van der Waals surface area contributed by atoms with Crippen LogP contribution in [-0.4, -0.2) is 57.0 Å². The Morgan fingerprint density at radius 2 is 1.86 bits per heavy atom. The summed E-state index contributed by atoms with van der Waals surface area (Å²) in [7, 11) is 1.77. The highest BCUT2D eigenvalue weighted by atomic mass is 19.1. The molecule has 1 aliphatic rings. The number of hydrogen-bond donors (Lipinski definition) is 0. The molecule has 0 unspecified atom stereocenters. The van der Waals surface area contributed by atoms with E-state index < -0.39 is 0 Å². The molecule has 146 valence electrons. The number of nitrogens with zero attached hydrogens (tertiary/aromatic N) is 6. The van der Waals surface area contributed by atoms with Crippen molar-refractivity contribution in [1.82, 2.24) is 24.9 Å². The molecule has 0 N–H and O–H groups in total. The molecule has 3 heterocycles. The van der Waals surface area contributed by atoms with Crippen molar-refractivity contribution < 1.29 is 13.6 Å². The number of benzene rings is 1. The molecule has 1 aliphatic heterocycles. The molecule has 0 radical (unpaired) electrons. The zero-order valence-electron chi connectivity index (χ0n) is 15.8. The molecule has 1 aromatic carbocycles. The number of anilines is 1. The van der Waals surface area contributed by atoms with Gasteiger partial charge in [0, 0.05) is 39.6 Å². The number of hydrogen-bond acceptors (Lipinski definition) is 6. The Morgan fingerprint density at radius 3 is 2.50 bits per heavy atom. The number of carbonyl (C=O) groups is 1. The molecule has 4 rings (SSSR count). The third-order valence-electron chi connectivity index (χ3n) is 4.83. The lowest BCUT2D eigenvalue weighted by Gasteiger charge is -2.33. The van der Waals surface area contributed by atoms with E-state index in [4.69, 9.17) is 4.42 Å². The minimum absolute atomic E-state index is 0.122. The maximum Gasteiger partial charge on any atom is 0.318 e. The average Bonchev–Trinajstić information content (AvgIpc) is 3.35. The summed E-state index contributed by atoms with van der Waals surface area (Å²) in [5.41, 5.74) is 1.95. The second-order valence-corrected chi connectivity index (χ2v) is 6.66. The van der Waals surface area contributed by atoms with Crippen LogP contribution in [0.1, 0.15) is 23.3 Å². The van der Waals surface area contributed by atoms with Gasteiger partial charge in [-0.2, -0.15) is 5.10 Å². The van der Waals surface area contributed by atoms with Crippen LogP contribution in [0.4, 0.5) is 10.4 Å². The smallest absolute Gasteiger partial charge is 0.318 e. The van der Waals surface area contributed by atoms with Crippen LogP contribution in [-0.2, 0) is 13.5 Å². The minimum atomic E-state index is -0.299. The maximum atomic E-state index is 13.2. The van der Waals surface area contributed by atoms with Gasteiger partial charge in [0.1, 0.15) is 5.82 Å². The van der Waals surface area contributed by atoms with E-state index in [2.05, 4.69) is 15.3 Å². The van der Waals surface area contributed by atoms with Crippen molar-refractivity contribution >= 4 is 11.9 Å². The maximum absolute atomic E-state index is 13.2. The molecular formula is C19H21FN6O2. The van der Waals surface area contributed by atoms with Crippen molar-refractivity contribution in [1.29, 1.82) is 0 Å². The van der Waals surface area contributed by atoms with E-state index in [9.17, 15) is 9.18 Å². The van der Waals surface area contributed by atoms with Crippen molar-refractivity contribution in [2.75, 3.05) is 31.1 Å². The number of halogens is 1. The van der Waals surface area contributed by atoms with Crippen LogP contribution in [0, 0.1) is 5.82 Å². The first-order valence-electron chi connectivity index (χ1n) is 9.21. The van der Waals surface area contributed by atoms with E-state index in [0.29, 0.717) is 50.2 Å². The van der Waals surface area contributed by atoms with Gasteiger partial charge in [-0.25, -0.2) is 4.39 Å². The number of amides is 1. The van der Waals surface area contributed by atoms with Crippen LogP contribution >= 0.6 is 0 Å². The monoisotopic (exact) mass is 384 g/mol. The van der Waals surface area contributed by atoms with Gasteiger partial charge < -0.3 is 14.2 Å². The Labute approximate surface area is 161 Å². The van der Waals surface area contributed by atoms with E-state index in [1.807, 2.05) is 11.8 Å². The van der Waals surface area contributed by atoms with E-state index in [0.717, 1.165) is 11.3 Å². The lowest BCUT2D eigenvalue weighted by Crippen LogP contribution is -2.49. The summed E-state index contributed by atoms with van der Waals surface area (Å²) in [4.78, 5) is 16.6. The normalized spacial score (nSPS) is 14.5. The van der Waals surface area contributed by atoms with Crippen LogP contribution in [0.3, 0.4) is 0 Å². The fraction of sp³-hybridized carbons (Fsp3) is 0.368. The molecule has 0 saturated carbocycles. The number of aromatic nitrogens is 4. The van der Waals surface area contributed by atoms with E-state index in [1.165, 1.54) is 12.1 Å². The molecule has 0 bridgehead atoms. The van der Waals surface area contributed by atoms with Gasteiger partial charge in [-0.05, 0) is 35.9 Å². The zero-order chi connectivity index (χ0) is 19.7. The highest BCUT2D eigenvalue weighted by Crippen LogP contribution is 2.22. The van der Waals surface area contributed by atoms with Gasteiger partial charge in [0.05, 0.1) is 5.69 Å². The largest absolute Gasteiger partial charge is 0.408 e. The summed E-state index contributed by atoms with van der Waals surface area (Å²) in [6, 6.07) is 8.38. The number of piperazine rings is 1. The Balaban J connectivity index is 1.44. The minimum Gasteiger partial charge on any atom is -0.408 e. The Hall–Kier alpha value is -3.23. The predicted octanol–water partition coefficient (Wildman–Crippen LogP) is 2.13. The fourth-order valence-electron chi connectivity index (χ4n) is 3.24. The summed E-state index contributed by atoms with van der Waals surface area (Å²) >= 11 is 0. The van der Waals surface area contributed by atoms with Crippen molar-refractivity contribution in [3.8, 4) is 11.3 Å². The number of rotatable bonds is 4. The van der Waals surface area contributed by atoms with Crippen LogP contribution < -0.4 is 4.90 Å². The molecule has 0 atom stereocenters. The van der Waals surface area contributed by atoms with Crippen molar-refractivity contribution in [2.45, 2.75) is 13.3 Å². The zero-order valence-corrected chi connectivity index (χ0v) is 15.8. The molecular weight excluding hydrogens is 363 g/mol. The fourth-order valence-corrected chi connectivity index (χ4v) is 3.24. The molecule has 1 saturated heterocycles. The highest BCUT2D eigenvalue weighted by Gasteiger charge is 2.26. The first-order chi connectivity index (χ1) is 13.5. The summed E-state index contributed by atoms with van der Waals surface area (Å²) in [5, 5.41) is 12.4. The molecule has 8 nitrogen and oxygen atoms in total. The van der Waals surface area contributed by atoms with Gasteiger partial charge in [0.2, 0.25) is 5.89 Å². The van der Waals surface area contributed by atoms with Gasteiger partial charge in [-0.3, -0.25) is 9.48 Å². The molecule has 3 aromatic rings. The van der Waals surface area contributed by atoms with Crippen LogP contribution in [0.15, 0.2) is 34.7 Å². The molecule has 1 fully saturated rings. The Kier molecular flexibility index (Phi) is 4.81. The van der Waals surface area contributed by atoms with E-state index in [-0.39, 0.29) is 11.7 Å². The Bertz CT molecular complexity index is 973. The van der Waals surface area contributed by atoms with Gasteiger partial charge in [-0.15, -0.1) is 5.10 Å². The highest BCUT2D eigenvalue weighted by molar-refractivity contribution is 5.93. The van der Waals surface area contributed by atoms with Crippen LogP contribution in [0.2, 0.25) is 0 Å². The van der Waals surface area contributed by atoms with Gasteiger partial charge in [-0.1, -0.05) is 12.0 Å². The summed E-state index contributed by atoms with van der Waals surface area (Å²) in [5.74, 6) is 0.186. The average molecular weight is 384 g/mol. The first kappa shape index (κ1) is 18.1. The van der Waals surface area contributed by atoms with E-state index in [1.54, 1.807) is 34.8 Å². The lowest BCUT2D eigenvalue weighted by atomic mass is 10.1.